The Morgan fingerprint density at radius 1 is 1.33 bits per heavy atom. The maximum atomic E-state index is 12.3. The number of anilines is 1. The normalized spacial score (nSPS) is 28.0. The van der Waals surface area contributed by atoms with Gasteiger partial charge < -0.3 is 14.9 Å². The highest BCUT2D eigenvalue weighted by Gasteiger charge is 2.48. The van der Waals surface area contributed by atoms with Gasteiger partial charge in [-0.25, -0.2) is 13.2 Å². The molecule has 1 saturated carbocycles. The molecule has 8 nitrogen and oxygen atoms in total. The third-order valence-corrected chi connectivity index (χ3v) is 7.71. The average molecular weight is 435 g/mol. The summed E-state index contributed by atoms with van der Waals surface area (Å²) in [4.78, 5) is 25.1. The van der Waals surface area contributed by atoms with E-state index in [0.29, 0.717) is 18.5 Å². The van der Waals surface area contributed by atoms with E-state index in [1.807, 2.05) is 0 Å². The van der Waals surface area contributed by atoms with Crippen LogP contribution in [0.3, 0.4) is 0 Å². The lowest BCUT2D eigenvalue weighted by Crippen LogP contribution is -2.46. The van der Waals surface area contributed by atoms with Crippen LogP contribution in [0.1, 0.15) is 38.7 Å². The summed E-state index contributed by atoms with van der Waals surface area (Å²) in [7, 11) is -3.91. The van der Waals surface area contributed by atoms with Crippen molar-refractivity contribution >= 4 is 27.6 Å². The molecule has 1 aliphatic carbocycles. The average Bonchev–Trinajstić information content (AvgIpc) is 2.97. The van der Waals surface area contributed by atoms with Crippen LogP contribution in [0.2, 0.25) is 0 Å². The smallest absolute Gasteiger partial charge is 0.414 e. The standard InChI is InChI=1S/C21H25NO7S/c1-20(26)10-15(11-20)5-4-14-6-8-16(9-7-14)22-13-17(29-19(22)25)12-21(2,18(23)24)30(3,27)28/h6-9,15,17,26H,10-13H2,1-3H3,(H,23,24)/t15?,17-,20?,21+/m0/s1. The fourth-order valence-corrected chi connectivity index (χ4v) is 4.49. The molecule has 9 heteroatoms. The third-order valence-electron chi connectivity index (χ3n) is 5.73. The van der Waals surface area contributed by atoms with Gasteiger partial charge in [-0.2, -0.15) is 0 Å². The summed E-state index contributed by atoms with van der Waals surface area (Å²) in [6, 6.07) is 6.93. The lowest BCUT2D eigenvalue weighted by Gasteiger charge is -2.37. The van der Waals surface area contributed by atoms with Crippen LogP contribution >= 0.6 is 0 Å². The van der Waals surface area contributed by atoms with E-state index in [4.69, 9.17) is 4.74 Å². The quantitative estimate of drug-likeness (QED) is 0.677. The highest BCUT2D eigenvalue weighted by molar-refractivity contribution is 7.92. The number of sulfone groups is 1. The predicted octanol–water partition coefficient (Wildman–Crippen LogP) is 1.80. The lowest BCUT2D eigenvalue weighted by atomic mass is 9.72. The highest BCUT2D eigenvalue weighted by atomic mass is 32.2. The molecule has 2 fully saturated rings. The van der Waals surface area contributed by atoms with Crippen LogP contribution in [-0.4, -0.2) is 59.9 Å². The summed E-state index contributed by atoms with van der Waals surface area (Å²) in [5.41, 5.74) is 0.699. The van der Waals surface area contributed by atoms with Gasteiger partial charge in [0.2, 0.25) is 0 Å². The third kappa shape index (κ3) is 4.45. The van der Waals surface area contributed by atoms with Crippen molar-refractivity contribution in [2.24, 2.45) is 5.92 Å². The molecule has 30 heavy (non-hydrogen) atoms. The Bertz CT molecular complexity index is 1010. The van der Waals surface area contributed by atoms with Crippen LogP contribution in [0.5, 0.6) is 0 Å². The second kappa shape index (κ2) is 7.60. The summed E-state index contributed by atoms with van der Waals surface area (Å²) < 4.78 is 27.1. The maximum Gasteiger partial charge on any atom is 0.414 e. The summed E-state index contributed by atoms with van der Waals surface area (Å²) >= 11 is 0. The van der Waals surface area contributed by atoms with Crippen LogP contribution in [0.4, 0.5) is 10.5 Å². The molecule has 1 saturated heterocycles. The Balaban J connectivity index is 1.67. The Morgan fingerprint density at radius 2 is 1.93 bits per heavy atom. The minimum Gasteiger partial charge on any atom is -0.480 e. The van der Waals surface area contributed by atoms with Gasteiger partial charge in [-0.05, 0) is 51.0 Å². The second-order valence-electron chi connectivity index (χ2n) is 8.55. The predicted molar refractivity (Wildman–Crippen MR) is 110 cm³/mol. The molecule has 0 radical (unpaired) electrons. The van der Waals surface area contributed by atoms with Crippen molar-refractivity contribution in [1.82, 2.24) is 0 Å². The minimum absolute atomic E-state index is 0.0550. The van der Waals surface area contributed by atoms with Crippen molar-refractivity contribution in [3.8, 4) is 11.8 Å². The number of carbonyl (C=O) groups is 2. The first-order valence-electron chi connectivity index (χ1n) is 9.56. The van der Waals surface area contributed by atoms with Gasteiger partial charge >= 0.3 is 12.1 Å². The number of hydrogen-bond acceptors (Lipinski definition) is 6. The van der Waals surface area contributed by atoms with E-state index in [0.717, 1.165) is 18.7 Å². The molecule has 1 aromatic rings. The first-order chi connectivity index (χ1) is 13.8. The van der Waals surface area contributed by atoms with E-state index in [9.17, 15) is 28.2 Å². The van der Waals surface area contributed by atoms with E-state index in [-0.39, 0.29) is 18.9 Å². The fraction of sp³-hybridized carbons (Fsp3) is 0.524. The number of carbonyl (C=O) groups excluding carboxylic acids is 1. The van der Waals surface area contributed by atoms with E-state index in [1.165, 1.54) is 4.90 Å². The van der Waals surface area contributed by atoms with Gasteiger partial charge in [0.25, 0.3) is 0 Å². The van der Waals surface area contributed by atoms with Gasteiger partial charge in [0, 0.05) is 29.8 Å². The molecule has 0 bridgehead atoms. The number of nitrogens with zero attached hydrogens (tertiary/aromatic N) is 1. The monoisotopic (exact) mass is 435 g/mol. The molecular weight excluding hydrogens is 410 g/mol. The molecule has 1 aromatic carbocycles. The van der Waals surface area contributed by atoms with Gasteiger partial charge in [-0.15, -0.1) is 0 Å². The van der Waals surface area contributed by atoms with Gasteiger partial charge in [0.15, 0.2) is 14.6 Å². The molecule has 0 unspecified atom stereocenters. The highest BCUT2D eigenvalue weighted by Crippen LogP contribution is 2.36. The SMILES string of the molecule is CC1(O)CC(C#Cc2ccc(N3C[C@H](C[C@](C)(C(=O)O)S(C)(=O)=O)OC3=O)cc2)C1. The zero-order chi connectivity index (χ0) is 22.3. The van der Waals surface area contributed by atoms with Crippen molar-refractivity contribution in [1.29, 1.82) is 0 Å². The number of hydrogen-bond donors (Lipinski definition) is 2. The number of cyclic esters (lactones) is 1. The van der Waals surface area contributed by atoms with Crippen molar-refractivity contribution in [3.05, 3.63) is 29.8 Å². The number of amides is 1. The first kappa shape index (κ1) is 22.1. The number of aliphatic carboxylic acids is 1. The molecule has 2 N–H and O–H groups in total. The second-order valence-corrected chi connectivity index (χ2v) is 11.0. The van der Waals surface area contributed by atoms with Crippen molar-refractivity contribution in [2.75, 3.05) is 17.7 Å². The molecule has 1 amide bonds. The van der Waals surface area contributed by atoms with Crippen LogP contribution < -0.4 is 4.90 Å². The fourth-order valence-electron chi connectivity index (χ4n) is 3.68. The molecule has 162 valence electrons. The zero-order valence-corrected chi connectivity index (χ0v) is 17.9. The summed E-state index contributed by atoms with van der Waals surface area (Å²) in [5, 5.41) is 19.1. The molecule has 0 spiro atoms. The van der Waals surface area contributed by atoms with Crippen LogP contribution in [0.25, 0.3) is 0 Å². The summed E-state index contributed by atoms with van der Waals surface area (Å²) in [6.07, 6.45) is 0.318. The topological polar surface area (TPSA) is 121 Å². The zero-order valence-electron chi connectivity index (χ0n) is 17.1. The number of ether oxygens (including phenoxy) is 1. The molecule has 1 heterocycles. The van der Waals surface area contributed by atoms with Gasteiger partial charge in [-0.1, -0.05) is 11.8 Å². The summed E-state index contributed by atoms with van der Waals surface area (Å²) in [5.74, 6) is 4.87. The molecule has 1 aliphatic heterocycles. The number of benzene rings is 1. The van der Waals surface area contributed by atoms with E-state index < -0.39 is 38.4 Å². The lowest BCUT2D eigenvalue weighted by molar-refractivity contribution is -0.140. The van der Waals surface area contributed by atoms with Gasteiger partial charge in [-0.3, -0.25) is 9.69 Å². The molecule has 3 rings (SSSR count). The molecule has 2 aliphatic rings. The van der Waals surface area contributed by atoms with Crippen molar-refractivity contribution in [2.45, 2.75) is 49.6 Å². The Morgan fingerprint density at radius 3 is 2.43 bits per heavy atom. The Hall–Kier alpha value is -2.57. The van der Waals surface area contributed by atoms with E-state index >= 15 is 0 Å². The van der Waals surface area contributed by atoms with Gasteiger partial charge in [0.1, 0.15) is 6.10 Å². The van der Waals surface area contributed by atoms with Crippen LogP contribution in [0, 0.1) is 17.8 Å². The van der Waals surface area contributed by atoms with Crippen molar-refractivity contribution in [3.63, 3.8) is 0 Å². The summed E-state index contributed by atoms with van der Waals surface area (Å²) in [6.45, 7) is 2.97. The number of aliphatic hydroxyl groups is 1. The molecule has 2 atom stereocenters. The first-order valence-corrected chi connectivity index (χ1v) is 11.4. The van der Waals surface area contributed by atoms with Crippen LogP contribution in [-0.2, 0) is 19.4 Å². The molecular formula is C21H25NO7S. The largest absolute Gasteiger partial charge is 0.480 e. The van der Waals surface area contributed by atoms with Crippen molar-refractivity contribution < 1.29 is 33.0 Å². The van der Waals surface area contributed by atoms with Gasteiger partial charge in [0.05, 0.1) is 12.1 Å². The molecule has 0 aromatic heterocycles. The van der Waals surface area contributed by atoms with E-state index in [2.05, 4.69) is 11.8 Å². The Labute approximate surface area is 175 Å². The number of carboxylic acids is 1. The number of rotatable bonds is 5. The Kier molecular flexibility index (Phi) is 5.60. The minimum atomic E-state index is -3.91. The van der Waals surface area contributed by atoms with Crippen LogP contribution in [0.15, 0.2) is 24.3 Å². The number of carboxylic acid groups (broad SMARTS) is 1. The van der Waals surface area contributed by atoms with E-state index in [1.54, 1.807) is 31.2 Å². The maximum absolute atomic E-state index is 12.3.